The van der Waals surface area contributed by atoms with Gasteiger partial charge in [0.05, 0.1) is 5.75 Å². The summed E-state index contributed by atoms with van der Waals surface area (Å²) in [5.41, 5.74) is 15.0. The third-order valence-corrected chi connectivity index (χ3v) is 4.50. The van der Waals surface area contributed by atoms with E-state index in [-0.39, 0.29) is 35.3 Å². The van der Waals surface area contributed by atoms with Crippen LogP contribution in [0.4, 0.5) is 11.4 Å². The number of aryl methyl sites for hydroxylation is 1. The first kappa shape index (κ1) is 18.1. The van der Waals surface area contributed by atoms with Crippen molar-refractivity contribution in [3.63, 3.8) is 0 Å². The van der Waals surface area contributed by atoms with Crippen LogP contribution in [-0.4, -0.2) is 52.8 Å². The predicted octanol–water partition coefficient (Wildman–Crippen LogP) is 1.59. The van der Waals surface area contributed by atoms with Crippen LogP contribution in [0.1, 0.15) is 6.42 Å². The Morgan fingerprint density at radius 1 is 0.957 bits per heavy atom. The number of nitrogen functional groups attached to an aromatic ring is 2. The molecule has 0 spiro atoms. The Morgan fingerprint density at radius 2 is 1.43 bits per heavy atom. The monoisotopic (exact) mass is 343 g/mol. The van der Waals surface area contributed by atoms with Crippen molar-refractivity contribution < 1.29 is 13.0 Å². The maximum absolute atomic E-state index is 10.9. The number of hydrogen-bond donors (Lipinski definition) is 3. The molecule has 1 aromatic heterocycles. The average Bonchev–Trinajstić information content (AvgIpc) is 2.71. The third-order valence-electron chi connectivity index (χ3n) is 3.70. The Balaban J connectivity index is 0.00000192. The van der Waals surface area contributed by atoms with Gasteiger partial charge in [-0.05, 0) is 42.8 Å². The van der Waals surface area contributed by atoms with Crippen molar-refractivity contribution in [2.75, 3.05) is 17.2 Å². The molecule has 0 radical (unpaired) electrons. The molecule has 6 nitrogen and oxygen atoms in total. The van der Waals surface area contributed by atoms with Crippen molar-refractivity contribution in [2.45, 2.75) is 13.0 Å². The molecule has 0 amide bonds. The second-order valence-corrected chi connectivity index (χ2v) is 6.92. The minimum absolute atomic E-state index is 0. The number of anilines is 2. The first-order valence-electron chi connectivity index (χ1n) is 6.87. The van der Waals surface area contributed by atoms with Gasteiger partial charge in [-0.1, -0.05) is 0 Å². The zero-order chi connectivity index (χ0) is 15.9. The normalized spacial score (nSPS) is 11.7. The van der Waals surface area contributed by atoms with Crippen LogP contribution >= 0.6 is 0 Å². The van der Waals surface area contributed by atoms with Crippen LogP contribution in [-0.2, 0) is 16.7 Å². The summed E-state index contributed by atoms with van der Waals surface area (Å²) in [7, 11) is -3.95. The summed E-state index contributed by atoms with van der Waals surface area (Å²) < 4.78 is 32.7. The zero-order valence-electron chi connectivity index (χ0n) is 11.9. The van der Waals surface area contributed by atoms with E-state index in [2.05, 4.69) is 0 Å². The van der Waals surface area contributed by atoms with Crippen molar-refractivity contribution in [3.8, 4) is 0 Å². The van der Waals surface area contributed by atoms with Gasteiger partial charge in [0, 0.05) is 39.7 Å². The van der Waals surface area contributed by atoms with E-state index in [1.165, 1.54) is 0 Å². The Morgan fingerprint density at radius 3 is 1.87 bits per heavy atom. The molecule has 0 saturated heterocycles. The van der Waals surface area contributed by atoms with Crippen LogP contribution in [0, 0.1) is 0 Å². The topological polar surface area (TPSA) is 111 Å². The Labute approximate surface area is 156 Å². The molecule has 0 aliphatic carbocycles. The van der Waals surface area contributed by atoms with Gasteiger partial charge in [-0.3, -0.25) is 4.55 Å². The molecule has 0 aliphatic heterocycles. The molecule has 0 fully saturated rings. The van der Waals surface area contributed by atoms with Crippen molar-refractivity contribution in [1.82, 2.24) is 4.57 Å². The Bertz CT molecular complexity index is 908. The first-order chi connectivity index (χ1) is 10.3. The molecule has 118 valence electrons. The van der Waals surface area contributed by atoms with Crippen LogP contribution in [0.15, 0.2) is 36.4 Å². The number of fused-ring (bicyclic) bond motifs is 3. The molecule has 23 heavy (non-hydrogen) atoms. The Kier molecular flexibility index (Phi) is 5.27. The maximum atomic E-state index is 10.9. The van der Waals surface area contributed by atoms with E-state index in [9.17, 15) is 8.42 Å². The number of nitrogens with two attached hydrogens (primary N) is 2. The molecule has 3 aromatic rings. The molecule has 0 bridgehead atoms. The molecule has 0 unspecified atom stereocenters. The molecule has 1 heterocycles. The van der Waals surface area contributed by atoms with Crippen molar-refractivity contribution in [1.29, 1.82) is 0 Å². The molecule has 8 heteroatoms. The van der Waals surface area contributed by atoms with Crippen LogP contribution in [0.2, 0.25) is 0 Å². The van der Waals surface area contributed by atoms with Gasteiger partial charge in [0.1, 0.15) is 0 Å². The minimum atomic E-state index is -3.95. The van der Waals surface area contributed by atoms with Gasteiger partial charge >= 0.3 is 29.6 Å². The molecule has 5 N–H and O–H groups in total. The SMILES string of the molecule is Nc1ccc2c(c1)c1cc(N)ccc1n2CCCS(=O)(=O)O.[NaH]. The van der Waals surface area contributed by atoms with Gasteiger partial charge < -0.3 is 16.0 Å². The van der Waals surface area contributed by atoms with Crippen LogP contribution < -0.4 is 11.5 Å². The predicted molar refractivity (Wildman–Crippen MR) is 96.5 cm³/mol. The molecule has 0 atom stereocenters. The van der Waals surface area contributed by atoms with Gasteiger partial charge in [-0.15, -0.1) is 0 Å². The van der Waals surface area contributed by atoms with Gasteiger partial charge in [0.15, 0.2) is 0 Å². The van der Waals surface area contributed by atoms with E-state index in [1.54, 1.807) is 0 Å². The second-order valence-electron chi connectivity index (χ2n) is 5.34. The van der Waals surface area contributed by atoms with E-state index in [0.29, 0.717) is 24.3 Å². The fourth-order valence-corrected chi connectivity index (χ4v) is 3.28. The van der Waals surface area contributed by atoms with Gasteiger partial charge in [-0.2, -0.15) is 8.42 Å². The van der Waals surface area contributed by atoms with E-state index in [1.807, 2.05) is 41.0 Å². The number of aromatic nitrogens is 1. The molecular formula is C15H18N3NaO3S. The number of nitrogens with zero attached hydrogens (tertiary/aromatic N) is 1. The molecular weight excluding hydrogens is 325 g/mol. The first-order valence-corrected chi connectivity index (χ1v) is 8.48. The van der Waals surface area contributed by atoms with Gasteiger partial charge in [0.2, 0.25) is 0 Å². The van der Waals surface area contributed by atoms with E-state index < -0.39 is 10.1 Å². The standard InChI is InChI=1S/C15H17N3O3S.Na.H/c16-10-2-4-14-12(8-10)13-9-11(17)3-5-15(13)18(14)6-1-7-22(19,20)21;;/h2-5,8-9H,1,6-7,16-17H2,(H,19,20,21);;. The van der Waals surface area contributed by atoms with Crippen LogP contribution in [0.5, 0.6) is 0 Å². The quantitative estimate of drug-likeness (QED) is 0.378. The number of benzene rings is 2. The number of rotatable bonds is 4. The third kappa shape index (κ3) is 3.81. The van der Waals surface area contributed by atoms with Crippen molar-refractivity contribution in [2.24, 2.45) is 0 Å². The molecule has 2 aromatic carbocycles. The van der Waals surface area contributed by atoms with E-state index >= 15 is 0 Å². The van der Waals surface area contributed by atoms with Crippen molar-refractivity contribution >= 4 is 72.9 Å². The summed E-state index contributed by atoms with van der Waals surface area (Å²) in [6.07, 6.45) is 0.326. The molecule has 0 saturated carbocycles. The summed E-state index contributed by atoms with van der Waals surface area (Å²) in [4.78, 5) is 0. The fourth-order valence-electron chi connectivity index (χ4n) is 2.79. The summed E-state index contributed by atoms with van der Waals surface area (Å²) in [6, 6.07) is 11.2. The summed E-state index contributed by atoms with van der Waals surface area (Å²) in [6.45, 7) is 0.480. The van der Waals surface area contributed by atoms with Crippen molar-refractivity contribution in [3.05, 3.63) is 36.4 Å². The summed E-state index contributed by atoms with van der Waals surface area (Å²) in [5.74, 6) is -0.266. The van der Waals surface area contributed by atoms with Gasteiger partial charge in [0.25, 0.3) is 10.1 Å². The fraction of sp³-hybridized carbons (Fsp3) is 0.200. The van der Waals surface area contributed by atoms with E-state index in [4.69, 9.17) is 16.0 Å². The number of hydrogen-bond acceptors (Lipinski definition) is 4. The van der Waals surface area contributed by atoms with Gasteiger partial charge in [-0.25, -0.2) is 0 Å². The zero-order valence-corrected chi connectivity index (χ0v) is 12.7. The summed E-state index contributed by atoms with van der Waals surface area (Å²) in [5, 5.41) is 1.96. The Hall–Kier alpha value is -1.25. The van der Waals surface area contributed by atoms with E-state index in [0.717, 1.165) is 21.8 Å². The average molecular weight is 343 g/mol. The van der Waals surface area contributed by atoms with Crippen LogP contribution in [0.3, 0.4) is 0 Å². The van der Waals surface area contributed by atoms with Crippen LogP contribution in [0.25, 0.3) is 21.8 Å². The molecule has 0 aliphatic rings. The second kappa shape index (κ2) is 6.70. The molecule has 3 rings (SSSR count). The summed E-state index contributed by atoms with van der Waals surface area (Å²) >= 11 is 0.